The summed E-state index contributed by atoms with van der Waals surface area (Å²) in [6.45, 7) is 0. The zero-order valence-corrected chi connectivity index (χ0v) is 9.01. The van der Waals surface area contributed by atoms with Gasteiger partial charge in [0.25, 0.3) is 17.4 Å². The standard InChI is InChI=1S/C9H5F3N4O3/c10-9(11,12)8-14-7(19-15-8)4-1-2-5(13)6(3-4)16(17)18/h1-3H,13H2. The van der Waals surface area contributed by atoms with E-state index in [-0.39, 0.29) is 11.3 Å². The Balaban J connectivity index is 2.45. The highest BCUT2D eigenvalue weighted by Gasteiger charge is 2.37. The van der Waals surface area contributed by atoms with Crippen molar-refractivity contribution in [2.75, 3.05) is 5.73 Å². The second kappa shape index (κ2) is 4.23. The minimum absolute atomic E-state index is 0.0242. The van der Waals surface area contributed by atoms with Gasteiger partial charge in [-0.25, -0.2) is 0 Å². The van der Waals surface area contributed by atoms with Crippen molar-refractivity contribution in [2.24, 2.45) is 0 Å². The predicted molar refractivity (Wildman–Crippen MR) is 55.8 cm³/mol. The Morgan fingerprint density at radius 2 is 2.05 bits per heavy atom. The minimum atomic E-state index is -4.75. The molecule has 0 saturated heterocycles. The fourth-order valence-electron chi connectivity index (χ4n) is 1.29. The number of hydrogen-bond acceptors (Lipinski definition) is 6. The van der Waals surface area contributed by atoms with Crippen LogP contribution in [0.4, 0.5) is 24.5 Å². The lowest BCUT2D eigenvalue weighted by Gasteiger charge is -1.99. The van der Waals surface area contributed by atoms with Crippen LogP contribution >= 0.6 is 0 Å². The molecule has 2 rings (SSSR count). The van der Waals surface area contributed by atoms with E-state index in [1.54, 1.807) is 0 Å². The van der Waals surface area contributed by atoms with Gasteiger partial charge in [0.05, 0.1) is 4.92 Å². The molecule has 0 aliphatic rings. The smallest absolute Gasteiger partial charge is 0.393 e. The van der Waals surface area contributed by atoms with Crippen LogP contribution < -0.4 is 5.73 Å². The highest BCUT2D eigenvalue weighted by molar-refractivity contribution is 5.67. The van der Waals surface area contributed by atoms with Gasteiger partial charge in [-0.1, -0.05) is 5.16 Å². The molecule has 100 valence electrons. The summed E-state index contributed by atoms with van der Waals surface area (Å²) in [6.07, 6.45) is -4.75. The van der Waals surface area contributed by atoms with E-state index in [1.807, 2.05) is 0 Å². The monoisotopic (exact) mass is 274 g/mol. The van der Waals surface area contributed by atoms with E-state index in [1.165, 1.54) is 12.1 Å². The third-order valence-corrected chi connectivity index (χ3v) is 2.15. The molecule has 7 nitrogen and oxygen atoms in total. The van der Waals surface area contributed by atoms with E-state index in [0.717, 1.165) is 6.07 Å². The first-order valence-corrected chi connectivity index (χ1v) is 4.74. The van der Waals surface area contributed by atoms with E-state index >= 15 is 0 Å². The number of rotatable bonds is 2. The predicted octanol–water partition coefficient (Wildman–Crippen LogP) is 2.25. The van der Waals surface area contributed by atoms with Gasteiger partial charge in [0.1, 0.15) is 5.69 Å². The summed E-state index contributed by atoms with van der Waals surface area (Å²) >= 11 is 0. The van der Waals surface area contributed by atoms with Crippen LogP contribution in [0.2, 0.25) is 0 Å². The molecule has 0 aliphatic carbocycles. The average molecular weight is 274 g/mol. The summed E-state index contributed by atoms with van der Waals surface area (Å²) in [5.41, 5.74) is 4.76. The van der Waals surface area contributed by atoms with Crippen LogP contribution in [-0.2, 0) is 6.18 Å². The average Bonchev–Trinajstić information content (AvgIpc) is 2.78. The molecule has 0 aliphatic heterocycles. The van der Waals surface area contributed by atoms with Crippen LogP contribution in [0.3, 0.4) is 0 Å². The quantitative estimate of drug-likeness (QED) is 0.511. The molecule has 0 atom stereocenters. The van der Waals surface area contributed by atoms with E-state index in [9.17, 15) is 23.3 Å². The second-order valence-corrected chi connectivity index (χ2v) is 3.45. The number of nitrogens with two attached hydrogens (primary N) is 1. The van der Waals surface area contributed by atoms with Gasteiger partial charge in [0.15, 0.2) is 0 Å². The van der Waals surface area contributed by atoms with Gasteiger partial charge in [-0.3, -0.25) is 10.1 Å². The van der Waals surface area contributed by atoms with Gasteiger partial charge in [0, 0.05) is 11.6 Å². The number of nitrogen functional groups attached to an aromatic ring is 1. The number of hydrogen-bond donors (Lipinski definition) is 1. The summed E-state index contributed by atoms with van der Waals surface area (Å²) in [5.74, 6) is -1.93. The van der Waals surface area contributed by atoms with Gasteiger partial charge >= 0.3 is 6.18 Å². The summed E-state index contributed by atoms with van der Waals surface area (Å²) in [4.78, 5) is 13.0. The van der Waals surface area contributed by atoms with Gasteiger partial charge < -0.3 is 10.3 Å². The highest BCUT2D eigenvalue weighted by Crippen LogP contribution is 2.31. The zero-order chi connectivity index (χ0) is 14.2. The second-order valence-electron chi connectivity index (χ2n) is 3.45. The molecule has 0 amide bonds. The first-order chi connectivity index (χ1) is 8.79. The van der Waals surface area contributed by atoms with E-state index in [2.05, 4.69) is 14.7 Å². The van der Waals surface area contributed by atoms with Crippen molar-refractivity contribution in [1.82, 2.24) is 10.1 Å². The van der Waals surface area contributed by atoms with Crippen molar-refractivity contribution < 1.29 is 22.6 Å². The number of nitrogens with zero attached hydrogens (tertiary/aromatic N) is 3. The molecule has 0 saturated carbocycles. The van der Waals surface area contributed by atoms with Crippen LogP contribution in [0.5, 0.6) is 0 Å². The molecular formula is C9H5F3N4O3. The Morgan fingerprint density at radius 1 is 1.37 bits per heavy atom. The molecule has 2 N–H and O–H groups in total. The van der Waals surface area contributed by atoms with Crippen molar-refractivity contribution in [3.63, 3.8) is 0 Å². The van der Waals surface area contributed by atoms with Crippen LogP contribution in [0.1, 0.15) is 5.82 Å². The maximum atomic E-state index is 12.3. The third-order valence-electron chi connectivity index (χ3n) is 2.15. The van der Waals surface area contributed by atoms with Crippen molar-refractivity contribution in [3.05, 3.63) is 34.1 Å². The summed E-state index contributed by atoms with van der Waals surface area (Å²) in [5, 5.41) is 13.4. The maximum Gasteiger partial charge on any atom is 0.455 e. The summed E-state index contributed by atoms with van der Waals surface area (Å²) < 4.78 is 41.2. The molecule has 0 fully saturated rings. The SMILES string of the molecule is Nc1ccc(-c2nc(C(F)(F)F)no2)cc1[N+](=O)[O-]. The zero-order valence-electron chi connectivity index (χ0n) is 9.01. The molecule has 1 aromatic heterocycles. The van der Waals surface area contributed by atoms with E-state index < -0.39 is 28.5 Å². The molecule has 2 aromatic rings. The lowest BCUT2D eigenvalue weighted by atomic mass is 10.2. The number of alkyl halides is 3. The fourth-order valence-corrected chi connectivity index (χ4v) is 1.29. The number of nitro benzene ring substituents is 1. The van der Waals surface area contributed by atoms with Crippen molar-refractivity contribution >= 4 is 11.4 Å². The van der Waals surface area contributed by atoms with Gasteiger partial charge in [0.2, 0.25) is 0 Å². The molecule has 1 heterocycles. The van der Waals surface area contributed by atoms with Gasteiger partial charge in [-0.15, -0.1) is 0 Å². The Bertz CT molecular complexity index is 638. The molecule has 0 bridgehead atoms. The Hall–Kier alpha value is -2.65. The number of benzene rings is 1. The van der Waals surface area contributed by atoms with Crippen LogP contribution in [0.15, 0.2) is 22.7 Å². The Morgan fingerprint density at radius 3 is 2.58 bits per heavy atom. The van der Waals surface area contributed by atoms with E-state index in [4.69, 9.17) is 5.73 Å². The third kappa shape index (κ3) is 2.46. The molecule has 1 aromatic carbocycles. The number of halogens is 3. The Labute approximate surface area is 103 Å². The molecule has 0 unspecified atom stereocenters. The number of aromatic nitrogens is 2. The van der Waals surface area contributed by atoms with Crippen LogP contribution in [0.25, 0.3) is 11.5 Å². The van der Waals surface area contributed by atoms with Crippen molar-refractivity contribution in [3.8, 4) is 11.5 Å². The van der Waals surface area contributed by atoms with Gasteiger partial charge in [-0.2, -0.15) is 18.2 Å². The number of anilines is 1. The van der Waals surface area contributed by atoms with Crippen LogP contribution in [-0.4, -0.2) is 15.1 Å². The van der Waals surface area contributed by atoms with Crippen LogP contribution in [0, 0.1) is 10.1 Å². The highest BCUT2D eigenvalue weighted by atomic mass is 19.4. The minimum Gasteiger partial charge on any atom is -0.393 e. The first-order valence-electron chi connectivity index (χ1n) is 4.74. The molecule has 0 spiro atoms. The van der Waals surface area contributed by atoms with Gasteiger partial charge in [-0.05, 0) is 12.1 Å². The number of nitro groups is 1. The van der Waals surface area contributed by atoms with Crippen molar-refractivity contribution in [1.29, 1.82) is 0 Å². The fraction of sp³-hybridized carbons (Fsp3) is 0.111. The lowest BCUT2D eigenvalue weighted by Crippen LogP contribution is -2.07. The normalized spacial score (nSPS) is 11.5. The van der Waals surface area contributed by atoms with E-state index in [0.29, 0.717) is 0 Å². The maximum absolute atomic E-state index is 12.3. The summed E-state index contributed by atoms with van der Waals surface area (Å²) in [7, 11) is 0. The summed E-state index contributed by atoms with van der Waals surface area (Å²) in [6, 6.07) is 3.38. The topological polar surface area (TPSA) is 108 Å². The molecule has 0 radical (unpaired) electrons. The first kappa shape index (κ1) is 12.8. The molecule has 19 heavy (non-hydrogen) atoms. The van der Waals surface area contributed by atoms with Crippen molar-refractivity contribution in [2.45, 2.75) is 6.18 Å². The Kier molecular flexibility index (Phi) is 2.85. The lowest BCUT2D eigenvalue weighted by molar-refractivity contribution is -0.383. The molecular weight excluding hydrogens is 269 g/mol. The molecule has 10 heteroatoms. The largest absolute Gasteiger partial charge is 0.455 e.